The van der Waals surface area contributed by atoms with Crippen molar-refractivity contribution in [3.63, 3.8) is 0 Å². The largest absolute Gasteiger partial charge is 0.397 e. The molecule has 0 spiro atoms. The van der Waals surface area contributed by atoms with Gasteiger partial charge in [0, 0.05) is 18.0 Å². The minimum absolute atomic E-state index is 0.692. The van der Waals surface area contributed by atoms with Crippen molar-refractivity contribution in [1.82, 2.24) is 4.98 Å². The van der Waals surface area contributed by atoms with Crippen LogP contribution in [-0.2, 0) is 0 Å². The topological polar surface area (TPSA) is 38.9 Å². The number of fused-ring (bicyclic) bond motifs is 1. The monoisotopic (exact) mass is 234 g/mol. The molecule has 2 heteroatoms. The summed E-state index contributed by atoms with van der Waals surface area (Å²) in [6.07, 6.45) is 3.52. The van der Waals surface area contributed by atoms with E-state index in [4.69, 9.17) is 5.73 Å². The van der Waals surface area contributed by atoms with Gasteiger partial charge in [-0.2, -0.15) is 0 Å². The Morgan fingerprint density at radius 3 is 2.50 bits per heavy atom. The van der Waals surface area contributed by atoms with E-state index in [1.54, 1.807) is 6.20 Å². The van der Waals surface area contributed by atoms with Crippen LogP contribution in [0.5, 0.6) is 0 Å². The predicted octanol–water partition coefficient (Wildman–Crippen LogP) is 3.79. The van der Waals surface area contributed by atoms with E-state index in [-0.39, 0.29) is 0 Å². The van der Waals surface area contributed by atoms with Gasteiger partial charge >= 0.3 is 0 Å². The number of aromatic nitrogens is 1. The molecule has 0 amide bonds. The first-order chi connectivity index (χ1) is 8.75. The van der Waals surface area contributed by atoms with Gasteiger partial charge in [-0.1, -0.05) is 36.4 Å². The lowest BCUT2D eigenvalue weighted by Crippen LogP contribution is -1.89. The molecule has 2 aromatic carbocycles. The van der Waals surface area contributed by atoms with Crippen LogP contribution in [0, 0.1) is 6.92 Å². The summed E-state index contributed by atoms with van der Waals surface area (Å²) in [6, 6.07) is 14.6. The summed E-state index contributed by atoms with van der Waals surface area (Å²) >= 11 is 0. The summed E-state index contributed by atoms with van der Waals surface area (Å²) in [5.41, 5.74) is 10.0. The molecule has 0 unspecified atom stereocenters. The van der Waals surface area contributed by atoms with Gasteiger partial charge in [-0.15, -0.1) is 0 Å². The highest BCUT2D eigenvalue weighted by Crippen LogP contribution is 2.30. The third kappa shape index (κ3) is 1.72. The van der Waals surface area contributed by atoms with Crippen LogP contribution in [0.2, 0.25) is 0 Å². The minimum Gasteiger partial charge on any atom is -0.397 e. The van der Waals surface area contributed by atoms with E-state index in [9.17, 15) is 0 Å². The molecule has 3 rings (SSSR count). The number of nitrogen functional groups attached to an aromatic ring is 1. The molecule has 0 aliphatic rings. The molecular formula is C16H14N2. The van der Waals surface area contributed by atoms with Gasteiger partial charge in [0.25, 0.3) is 0 Å². The van der Waals surface area contributed by atoms with E-state index in [2.05, 4.69) is 48.3 Å². The van der Waals surface area contributed by atoms with Crippen LogP contribution < -0.4 is 5.73 Å². The van der Waals surface area contributed by atoms with Crippen molar-refractivity contribution in [2.75, 3.05) is 5.73 Å². The molecule has 0 saturated heterocycles. The summed E-state index contributed by atoms with van der Waals surface area (Å²) < 4.78 is 0. The number of rotatable bonds is 1. The van der Waals surface area contributed by atoms with Gasteiger partial charge in [0.05, 0.1) is 5.69 Å². The van der Waals surface area contributed by atoms with E-state index < -0.39 is 0 Å². The Bertz CT molecular complexity index is 717. The summed E-state index contributed by atoms with van der Waals surface area (Å²) in [5.74, 6) is 0. The molecule has 0 saturated carbocycles. The molecule has 1 heterocycles. The van der Waals surface area contributed by atoms with Gasteiger partial charge in [-0.3, -0.25) is 4.98 Å². The summed E-state index contributed by atoms with van der Waals surface area (Å²) in [6.45, 7) is 2.13. The Hall–Kier alpha value is -2.35. The second-order valence-corrected chi connectivity index (χ2v) is 4.48. The van der Waals surface area contributed by atoms with Crippen molar-refractivity contribution in [2.45, 2.75) is 6.92 Å². The van der Waals surface area contributed by atoms with Crippen molar-refractivity contribution in [2.24, 2.45) is 0 Å². The van der Waals surface area contributed by atoms with Crippen molar-refractivity contribution in [3.8, 4) is 11.1 Å². The van der Waals surface area contributed by atoms with Crippen LogP contribution in [0.4, 0.5) is 5.69 Å². The zero-order valence-electron chi connectivity index (χ0n) is 10.2. The molecule has 0 fully saturated rings. The zero-order valence-corrected chi connectivity index (χ0v) is 10.2. The van der Waals surface area contributed by atoms with Crippen LogP contribution in [-0.4, -0.2) is 4.98 Å². The molecule has 0 aliphatic heterocycles. The lowest BCUT2D eigenvalue weighted by Gasteiger charge is -2.09. The molecule has 0 radical (unpaired) electrons. The Morgan fingerprint density at radius 2 is 1.72 bits per heavy atom. The lowest BCUT2D eigenvalue weighted by atomic mass is 9.96. The van der Waals surface area contributed by atoms with Gasteiger partial charge in [0.2, 0.25) is 0 Å². The lowest BCUT2D eigenvalue weighted by molar-refractivity contribution is 1.33. The highest BCUT2D eigenvalue weighted by molar-refractivity contribution is 5.98. The van der Waals surface area contributed by atoms with E-state index in [1.165, 1.54) is 21.9 Å². The van der Waals surface area contributed by atoms with E-state index >= 15 is 0 Å². The molecule has 88 valence electrons. The first-order valence-electron chi connectivity index (χ1n) is 5.95. The fraction of sp³-hybridized carbons (Fsp3) is 0.0625. The summed E-state index contributed by atoms with van der Waals surface area (Å²) in [5, 5.41) is 2.52. The Balaban J connectivity index is 2.33. The number of nitrogens with zero attached hydrogens (tertiary/aromatic N) is 1. The van der Waals surface area contributed by atoms with Crippen LogP contribution in [0.3, 0.4) is 0 Å². The maximum absolute atomic E-state index is 5.81. The standard InChI is InChI=1S/C16H14N2/c1-11-6-7-15(12-8-13(17)10-18-9-12)16-5-3-2-4-14(11)16/h2-10H,17H2,1H3. The van der Waals surface area contributed by atoms with Gasteiger partial charge in [-0.25, -0.2) is 0 Å². The molecule has 0 aliphatic carbocycles. The second-order valence-electron chi connectivity index (χ2n) is 4.48. The van der Waals surface area contributed by atoms with E-state index in [0.29, 0.717) is 5.69 Å². The molecule has 1 aromatic heterocycles. The third-order valence-electron chi connectivity index (χ3n) is 3.21. The molecule has 2 nitrogen and oxygen atoms in total. The quantitative estimate of drug-likeness (QED) is 0.695. The summed E-state index contributed by atoms with van der Waals surface area (Å²) in [4.78, 5) is 4.16. The molecule has 0 bridgehead atoms. The first kappa shape index (κ1) is 10.8. The minimum atomic E-state index is 0.692. The third-order valence-corrected chi connectivity index (χ3v) is 3.21. The molecule has 0 atom stereocenters. The van der Waals surface area contributed by atoms with Gasteiger partial charge < -0.3 is 5.73 Å². The van der Waals surface area contributed by atoms with Gasteiger partial charge in [0.15, 0.2) is 0 Å². The molecular weight excluding hydrogens is 220 g/mol. The second kappa shape index (κ2) is 4.15. The number of anilines is 1. The fourth-order valence-electron chi connectivity index (χ4n) is 2.31. The number of pyridine rings is 1. The highest BCUT2D eigenvalue weighted by atomic mass is 14.7. The molecule has 3 aromatic rings. The number of hydrogen-bond donors (Lipinski definition) is 1. The van der Waals surface area contributed by atoms with Crippen LogP contribution >= 0.6 is 0 Å². The van der Waals surface area contributed by atoms with Crippen LogP contribution in [0.1, 0.15) is 5.56 Å². The molecule has 2 N–H and O–H groups in total. The Labute approximate surface area is 106 Å². The maximum atomic E-state index is 5.81. The highest BCUT2D eigenvalue weighted by Gasteiger charge is 2.05. The van der Waals surface area contributed by atoms with Crippen molar-refractivity contribution < 1.29 is 0 Å². The van der Waals surface area contributed by atoms with Gasteiger partial charge in [0.1, 0.15) is 0 Å². The zero-order chi connectivity index (χ0) is 12.5. The average molecular weight is 234 g/mol. The fourth-order valence-corrected chi connectivity index (χ4v) is 2.31. The van der Waals surface area contributed by atoms with Crippen LogP contribution in [0.25, 0.3) is 21.9 Å². The normalized spacial score (nSPS) is 10.7. The van der Waals surface area contributed by atoms with E-state index in [1.807, 2.05) is 12.3 Å². The molecule has 18 heavy (non-hydrogen) atoms. The SMILES string of the molecule is Cc1ccc(-c2cncc(N)c2)c2ccccc12. The van der Waals surface area contributed by atoms with Crippen molar-refractivity contribution in [3.05, 3.63) is 60.4 Å². The van der Waals surface area contributed by atoms with Crippen molar-refractivity contribution >= 4 is 16.5 Å². The number of benzene rings is 2. The Morgan fingerprint density at radius 1 is 0.944 bits per heavy atom. The van der Waals surface area contributed by atoms with Crippen molar-refractivity contribution in [1.29, 1.82) is 0 Å². The summed E-state index contributed by atoms with van der Waals surface area (Å²) in [7, 11) is 0. The predicted molar refractivity (Wildman–Crippen MR) is 76.3 cm³/mol. The number of aryl methyl sites for hydroxylation is 1. The smallest absolute Gasteiger partial charge is 0.0506 e. The van der Waals surface area contributed by atoms with Crippen LogP contribution in [0.15, 0.2) is 54.9 Å². The van der Waals surface area contributed by atoms with Gasteiger partial charge in [-0.05, 0) is 34.9 Å². The maximum Gasteiger partial charge on any atom is 0.0506 e. The van der Waals surface area contributed by atoms with E-state index in [0.717, 1.165) is 5.56 Å². The Kier molecular flexibility index (Phi) is 2.49. The number of nitrogens with two attached hydrogens (primary N) is 1. The first-order valence-corrected chi connectivity index (χ1v) is 5.95. The average Bonchev–Trinajstić information content (AvgIpc) is 2.39. The number of hydrogen-bond acceptors (Lipinski definition) is 2.